The van der Waals surface area contributed by atoms with Gasteiger partial charge in [0.25, 0.3) is 0 Å². The number of hydrogen-bond acceptors (Lipinski definition) is 2. The molecule has 1 unspecified atom stereocenters. The van der Waals surface area contributed by atoms with E-state index in [-0.39, 0.29) is 0 Å². The molecule has 1 atom stereocenters. The van der Waals surface area contributed by atoms with Crippen LogP contribution in [-0.2, 0) is 0 Å². The quantitative estimate of drug-likeness (QED) is 0.334. The lowest BCUT2D eigenvalue weighted by molar-refractivity contribution is -0.589. The molecule has 60 valence electrons. The standard InChI is InChI=1S/C6H5F2NO2/c7-5-2-1-3-6(8,4-5)9(10)11/h1-2,4H,3H2. The third kappa shape index (κ3) is 1.42. The molecule has 0 saturated carbocycles. The molecular weight excluding hydrogens is 156 g/mol. The van der Waals surface area contributed by atoms with Crippen molar-refractivity contribution in [1.82, 2.24) is 0 Å². The van der Waals surface area contributed by atoms with Gasteiger partial charge in [0.1, 0.15) is 5.83 Å². The summed E-state index contributed by atoms with van der Waals surface area (Å²) in [7, 11) is 0. The zero-order valence-corrected chi connectivity index (χ0v) is 5.46. The van der Waals surface area contributed by atoms with Crippen molar-refractivity contribution in [2.75, 3.05) is 0 Å². The lowest BCUT2D eigenvalue weighted by atomic mass is 10.1. The van der Waals surface area contributed by atoms with E-state index in [1.165, 1.54) is 0 Å². The van der Waals surface area contributed by atoms with Crippen LogP contribution in [0.15, 0.2) is 24.1 Å². The summed E-state index contributed by atoms with van der Waals surface area (Å²) >= 11 is 0. The van der Waals surface area contributed by atoms with E-state index in [1.807, 2.05) is 0 Å². The van der Waals surface area contributed by atoms with Crippen molar-refractivity contribution in [3.8, 4) is 0 Å². The maximum absolute atomic E-state index is 12.9. The summed E-state index contributed by atoms with van der Waals surface area (Å²) in [5, 5.41) is 10.0. The molecule has 0 bridgehead atoms. The molecule has 0 aromatic rings. The van der Waals surface area contributed by atoms with Crippen LogP contribution in [0.3, 0.4) is 0 Å². The number of alkyl halides is 1. The molecule has 1 aliphatic carbocycles. The smallest absolute Gasteiger partial charge is 0.261 e. The Hall–Kier alpha value is -1.26. The fourth-order valence-corrected chi connectivity index (χ4v) is 0.782. The first-order valence-electron chi connectivity index (χ1n) is 2.93. The number of nitrogens with zero attached hydrogens (tertiary/aromatic N) is 1. The first-order chi connectivity index (χ1) is 5.04. The van der Waals surface area contributed by atoms with Gasteiger partial charge in [0.15, 0.2) is 0 Å². The average molecular weight is 161 g/mol. The second-order valence-electron chi connectivity index (χ2n) is 2.21. The Morgan fingerprint density at radius 2 is 2.36 bits per heavy atom. The predicted molar refractivity (Wildman–Crippen MR) is 33.8 cm³/mol. The highest BCUT2D eigenvalue weighted by Crippen LogP contribution is 2.26. The van der Waals surface area contributed by atoms with Gasteiger partial charge in [0.2, 0.25) is 0 Å². The van der Waals surface area contributed by atoms with Gasteiger partial charge in [-0.25, -0.2) is 4.39 Å². The molecule has 0 aromatic heterocycles. The Labute approximate surface area is 61.2 Å². The lowest BCUT2D eigenvalue weighted by Crippen LogP contribution is -2.31. The molecule has 0 fully saturated rings. The molecule has 0 radical (unpaired) electrons. The fraction of sp³-hybridized carbons (Fsp3) is 0.333. The van der Waals surface area contributed by atoms with E-state index in [4.69, 9.17) is 0 Å². The van der Waals surface area contributed by atoms with Crippen LogP contribution < -0.4 is 0 Å². The first-order valence-corrected chi connectivity index (χ1v) is 2.93. The van der Waals surface area contributed by atoms with Crippen LogP contribution in [0.2, 0.25) is 0 Å². The minimum atomic E-state index is -2.75. The first kappa shape index (κ1) is 7.84. The van der Waals surface area contributed by atoms with Gasteiger partial charge >= 0.3 is 5.79 Å². The van der Waals surface area contributed by atoms with Crippen molar-refractivity contribution < 1.29 is 13.7 Å². The summed E-state index contributed by atoms with van der Waals surface area (Å²) in [6.07, 6.45) is 2.06. The molecule has 0 saturated heterocycles. The second kappa shape index (κ2) is 2.41. The Morgan fingerprint density at radius 1 is 1.73 bits per heavy atom. The summed E-state index contributed by atoms with van der Waals surface area (Å²) < 4.78 is 25.1. The van der Waals surface area contributed by atoms with Crippen LogP contribution in [0.25, 0.3) is 0 Å². The summed E-state index contributed by atoms with van der Waals surface area (Å²) in [5.41, 5.74) is 0. The predicted octanol–water partition coefficient (Wildman–Crippen LogP) is 1.74. The third-order valence-electron chi connectivity index (χ3n) is 1.34. The minimum Gasteiger partial charge on any atom is -0.261 e. The number of allylic oxidation sites excluding steroid dienone is 2. The van der Waals surface area contributed by atoms with Gasteiger partial charge in [-0.15, -0.1) is 0 Å². The summed E-state index contributed by atoms with van der Waals surface area (Å²) in [4.78, 5) is 8.86. The maximum atomic E-state index is 12.9. The molecule has 0 spiro atoms. The van der Waals surface area contributed by atoms with Gasteiger partial charge in [-0.05, 0) is 6.08 Å². The van der Waals surface area contributed by atoms with Crippen LogP contribution in [0, 0.1) is 10.1 Å². The van der Waals surface area contributed by atoms with Crippen LogP contribution in [0.4, 0.5) is 8.78 Å². The Balaban J connectivity index is 2.92. The molecule has 1 rings (SSSR count). The largest absolute Gasteiger partial charge is 0.384 e. The van der Waals surface area contributed by atoms with Gasteiger partial charge in [-0.1, -0.05) is 6.08 Å². The highest BCUT2D eigenvalue weighted by atomic mass is 19.2. The van der Waals surface area contributed by atoms with Gasteiger partial charge in [-0.3, -0.25) is 10.1 Å². The minimum absolute atomic E-state index is 0.368. The maximum Gasteiger partial charge on any atom is 0.384 e. The third-order valence-corrected chi connectivity index (χ3v) is 1.34. The van der Waals surface area contributed by atoms with E-state index in [2.05, 4.69) is 0 Å². The molecule has 1 aliphatic rings. The normalized spacial score (nSPS) is 29.8. The van der Waals surface area contributed by atoms with Crippen LogP contribution in [0.1, 0.15) is 6.42 Å². The van der Waals surface area contributed by atoms with Crippen molar-refractivity contribution in [1.29, 1.82) is 0 Å². The lowest BCUT2D eigenvalue weighted by Gasteiger charge is -2.12. The van der Waals surface area contributed by atoms with Gasteiger partial charge in [-0.2, -0.15) is 4.39 Å². The van der Waals surface area contributed by atoms with E-state index < -0.39 is 23.0 Å². The molecule has 0 N–H and O–H groups in total. The summed E-state index contributed by atoms with van der Waals surface area (Å²) in [6, 6.07) is 0. The van der Waals surface area contributed by atoms with E-state index in [0.29, 0.717) is 6.08 Å². The van der Waals surface area contributed by atoms with Crippen LogP contribution >= 0.6 is 0 Å². The fourth-order valence-electron chi connectivity index (χ4n) is 0.782. The number of hydrogen-bond donors (Lipinski definition) is 0. The van der Waals surface area contributed by atoms with E-state index in [1.54, 1.807) is 0 Å². The monoisotopic (exact) mass is 161 g/mol. The number of halogens is 2. The molecular formula is C6H5F2NO2. The summed E-state index contributed by atoms with van der Waals surface area (Å²) in [6.45, 7) is 0. The van der Waals surface area contributed by atoms with Crippen molar-refractivity contribution >= 4 is 0 Å². The van der Waals surface area contributed by atoms with Gasteiger partial charge in [0, 0.05) is 0 Å². The van der Waals surface area contributed by atoms with Crippen molar-refractivity contribution in [2.24, 2.45) is 0 Å². The van der Waals surface area contributed by atoms with Crippen molar-refractivity contribution in [3.05, 3.63) is 34.2 Å². The molecule has 5 heteroatoms. The SMILES string of the molecule is O=[N+]([O-])C1(F)C=C(F)C=CC1. The van der Waals surface area contributed by atoms with E-state index >= 15 is 0 Å². The summed E-state index contributed by atoms with van der Waals surface area (Å²) in [5.74, 6) is -3.66. The van der Waals surface area contributed by atoms with E-state index in [9.17, 15) is 18.9 Å². The number of rotatable bonds is 1. The van der Waals surface area contributed by atoms with Crippen LogP contribution in [0.5, 0.6) is 0 Å². The second-order valence-corrected chi connectivity index (χ2v) is 2.21. The van der Waals surface area contributed by atoms with Crippen LogP contribution in [-0.4, -0.2) is 10.7 Å². The molecule has 0 amide bonds. The molecule has 11 heavy (non-hydrogen) atoms. The Kier molecular flexibility index (Phi) is 1.72. The zero-order valence-electron chi connectivity index (χ0n) is 5.46. The van der Waals surface area contributed by atoms with E-state index in [0.717, 1.165) is 12.2 Å². The highest BCUT2D eigenvalue weighted by molar-refractivity contribution is 5.20. The molecule has 0 aliphatic heterocycles. The zero-order chi connectivity index (χ0) is 8.48. The Morgan fingerprint density at radius 3 is 2.73 bits per heavy atom. The molecule has 0 heterocycles. The topological polar surface area (TPSA) is 43.1 Å². The van der Waals surface area contributed by atoms with Gasteiger partial charge < -0.3 is 0 Å². The highest BCUT2D eigenvalue weighted by Gasteiger charge is 2.41. The van der Waals surface area contributed by atoms with Crippen molar-refractivity contribution in [3.63, 3.8) is 0 Å². The van der Waals surface area contributed by atoms with Gasteiger partial charge in [0.05, 0.1) is 17.4 Å². The average Bonchev–Trinajstić information content (AvgIpc) is 1.86. The number of nitro groups is 1. The molecule has 3 nitrogen and oxygen atoms in total. The molecule has 0 aromatic carbocycles. The Bertz CT molecular complexity index is 249. The van der Waals surface area contributed by atoms with Crippen molar-refractivity contribution in [2.45, 2.75) is 12.2 Å².